The first-order valence-electron chi connectivity index (χ1n) is 6.73. The van der Waals surface area contributed by atoms with Gasteiger partial charge in [0.2, 0.25) is 0 Å². The van der Waals surface area contributed by atoms with Crippen LogP contribution in [-0.4, -0.2) is 16.0 Å². The van der Waals surface area contributed by atoms with Gasteiger partial charge < -0.3 is 15.7 Å². The minimum atomic E-state index is -0.0481. The van der Waals surface area contributed by atoms with Gasteiger partial charge in [0.25, 0.3) is 0 Å². The highest BCUT2D eigenvalue weighted by Gasteiger charge is 2.08. The van der Waals surface area contributed by atoms with Crippen molar-refractivity contribution in [1.82, 2.24) is 4.98 Å². The number of hydrogen-bond donors (Lipinski definition) is 2. The number of aryl methyl sites for hydroxylation is 1. The van der Waals surface area contributed by atoms with Crippen LogP contribution in [0.2, 0.25) is 0 Å². The van der Waals surface area contributed by atoms with E-state index in [1.165, 1.54) is 5.56 Å². The fourth-order valence-corrected chi connectivity index (χ4v) is 1.88. The van der Waals surface area contributed by atoms with Crippen molar-refractivity contribution in [3.8, 4) is 11.5 Å². The molecule has 3 N–H and O–H groups in total. The largest absolute Gasteiger partial charge is 0.457 e. The van der Waals surface area contributed by atoms with Gasteiger partial charge in [0, 0.05) is 12.3 Å². The SMILES string of the molecule is Cc1ccc(C(C)C)cc1Oc1ccnc(C(N)=NO)c1. The number of pyridine rings is 1. The molecular weight excluding hydrogens is 266 g/mol. The molecule has 5 heteroatoms. The smallest absolute Gasteiger partial charge is 0.188 e. The van der Waals surface area contributed by atoms with E-state index in [1.54, 1.807) is 18.3 Å². The first kappa shape index (κ1) is 14.8. The Kier molecular flexibility index (Phi) is 4.42. The normalized spacial score (nSPS) is 11.7. The molecule has 0 aliphatic carbocycles. The summed E-state index contributed by atoms with van der Waals surface area (Å²) in [7, 11) is 0. The van der Waals surface area contributed by atoms with Crippen molar-refractivity contribution >= 4 is 5.84 Å². The maximum absolute atomic E-state index is 8.69. The lowest BCUT2D eigenvalue weighted by Crippen LogP contribution is -2.14. The maximum atomic E-state index is 8.69. The summed E-state index contributed by atoms with van der Waals surface area (Å²) in [6.45, 7) is 6.26. The predicted molar refractivity (Wildman–Crippen MR) is 82.1 cm³/mol. The Morgan fingerprint density at radius 3 is 2.71 bits per heavy atom. The van der Waals surface area contributed by atoms with Crippen LogP contribution in [0.3, 0.4) is 0 Å². The van der Waals surface area contributed by atoms with Crippen molar-refractivity contribution in [2.75, 3.05) is 0 Å². The Labute approximate surface area is 124 Å². The number of oxime groups is 1. The van der Waals surface area contributed by atoms with E-state index in [0.717, 1.165) is 11.3 Å². The standard InChI is InChI=1S/C16H19N3O2/c1-10(2)12-5-4-11(3)15(8-12)21-13-6-7-18-14(9-13)16(17)19-20/h4-10,20H,1-3H3,(H2,17,19). The van der Waals surface area contributed by atoms with Crippen LogP contribution in [0.15, 0.2) is 41.7 Å². The average molecular weight is 285 g/mol. The molecule has 1 heterocycles. The van der Waals surface area contributed by atoms with Crippen LogP contribution in [0.4, 0.5) is 0 Å². The molecule has 110 valence electrons. The van der Waals surface area contributed by atoms with Gasteiger partial charge in [-0.05, 0) is 36.1 Å². The van der Waals surface area contributed by atoms with Gasteiger partial charge in [0.05, 0.1) is 0 Å². The Morgan fingerprint density at radius 2 is 2.05 bits per heavy atom. The van der Waals surface area contributed by atoms with E-state index < -0.39 is 0 Å². The second kappa shape index (κ2) is 6.26. The van der Waals surface area contributed by atoms with Crippen molar-refractivity contribution in [1.29, 1.82) is 0 Å². The topological polar surface area (TPSA) is 80.7 Å². The van der Waals surface area contributed by atoms with Crippen LogP contribution in [0.5, 0.6) is 11.5 Å². The van der Waals surface area contributed by atoms with Crippen LogP contribution in [0, 0.1) is 6.92 Å². The van der Waals surface area contributed by atoms with Crippen molar-refractivity contribution in [2.24, 2.45) is 10.9 Å². The number of aromatic nitrogens is 1. The molecule has 0 bridgehead atoms. The molecule has 0 fully saturated rings. The first-order valence-corrected chi connectivity index (χ1v) is 6.73. The lowest BCUT2D eigenvalue weighted by molar-refractivity contribution is 0.318. The van der Waals surface area contributed by atoms with Crippen LogP contribution in [-0.2, 0) is 0 Å². The quantitative estimate of drug-likeness (QED) is 0.390. The summed E-state index contributed by atoms with van der Waals surface area (Å²) < 4.78 is 5.90. The van der Waals surface area contributed by atoms with Gasteiger partial charge in [-0.25, -0.2) is 0 Å². The zero-order valence-electron chi connectivity index (χ0n) is 12.4. The molecule has 0 unspecified atom stereocenters. The molecule has 0 saturated heterocycles. The van der Waals surface area contributed by atoms with E-state index in [9.17, 15) is 0 Å². The summed E-state index contributed by atoms with van der Waals surface area (Å²) in [5, 5.41) is 11.6. The number of benzene rings is 1. The summed E-state index contributed by atoms with van der Waals surface area (Å²) in [6, 6.07) is 9.54. The average Bonchev–Trinajstić information content (AvgIpc) is 2.48. The molecule has 0 aliphatic heterocycles. The highest BCUT2D eigenvalue weighted by Crippen LogP contribution is 2.28. The molecule has 1 aromatic carbocycles. The van der Waals surface area contributed by atoms with Gasteiger partial charge in [-0.3, -0.25) is 4.98 Å². The minimum absolute atomic E-state index is 0.0481. The molecule has 0 atom stereocenters. The number of nitrogens with zero attached hydrogens (tertiary/aromatic N) is 2. The molecule has 0 amide bonds. The van der Waals surface area contributed by atoms with E-state index in [4.69, 9.17) is 15.7 Å². The third-order valence-corrected chi connectivity index (χ3v) is 3.21. The molecule has 0 spiro atoms. The van der Waals surface area contributed by atoms with E-state index in [0.29, 0.717) is 17.4 Å². The lowest BCUT2D eigenvalue weighted by Gasteiger charge is -2.13. The van der Waals surface area contributed by atoms with E-state index >= 15 is 0 Å². The molecule has 2 rings (SSSR count). The highest BCUT2D eigenvalue weighted by molar-refractivity contribution is 5.95. The highest BCUT2D eigenvalue weighted by atomic mass is 16.5. The molecule has 0 radical (unpaired) electrons. The molecule has 21 heavy (non-hydrogen) atoms. The fourth-order valence-electron chi connectivity index (χ4n) is 1.88. The van der Waals surface area contributed by atoms with Crippen molar-refractivity contribution in [2.45, 2.75) is 26.7 Å². The van der Waals surface area contributed by atoms with Crippen molar-refractivity contribution < 1.29 is 9.94 Å². The molecule has 1 aromatic heterocycles. The Hall–Kier alpha value is -2.56. The maximum Gasteiger partial charge on any atom is 0.188 e. The van der Waals surface area contributed by atoms with Crippen LogP contribution >= 0.6 is 0 Å². The zero-order valence-corrected chi connectivity index (χ0v) is 12.4. The molecule has 0 aliphatic rings. The van der Waals surface area contributed by atoms with Gasteiger partial charge in [-0.15, -0.1) is 0 Å². The third-order valence-electron chi connectivity index (χ3n) is 3.21. The number of amidine groups is 1. The molecule has 5 nitrogen and oxygen atoms in total. The number of hydrogen-bond acceptors (Lipinski definition) is 4. The Morgan fingerprint density at radius 1 is 1.29 bits per heavy atom. The summed E-state index contributed by atoms with van der Waals surface area (Å²) in [6.07, 6.45) is 1.56. The van der Waals surface area contributed by atoms with Gasteiger partial charge in [-0.2, -0.15) is 0 Å². The first-order chi connectivity index (χ1) is 10.0. The van der Waals surface area contributed by atoms with E-state index in [2.05, 4.69) is 30.1 Å². The van der Waals surface area contributed by atoms with E-state index in [1.807, 2.05) is 19.1 Å². The summed E-state index contributed by atoms with van der Waals surface area (Å²) in [5.74, 6) is 1.76. The molecule has 2 aromatic rings. The molecular formula is C16H19N3O2. The Balaban J connectivity index is 2.32. The number of ether oxygens (including phenoxy) is 1. The minimum Gasteiger partial charge on any atom is -0.457 e. The summed E-state index contributed by atoms with van der Waals surface area (Å²) in [4.78, 5) is 4.02. The van der Waals surface area contributed by atoms with Gasteiger partial charge >= 0.3 is 0 Å². The molecule has 0 saturated carbocycles. The second-order valence-electron chi connectivity index (χ2n) is 5.14. The summed E-state index contributed by atoms with van der Waals surface area (Å²) >= 11 is 0. The van der Waals surface area contributed by atoms with Gasteiger partial charge in [-0.1, -0.05) is 31.1 Å². The van der Waals surface area contributed by atoms with Crippen molar-refractivity contribution in [3.05, 3.63) is 53.3 Å². The van der Waals surface area contributed by atoms with Crippen LogP contribution in [0.25, 0.3) is 0 Å². The summed E-state index contributed by atoms with van der Waals surface area (Å²) in [5.41, 5.74) is 8.15. The second-order valence-corrected chi connectivity index (χ2v) is 5.14. The fraction of sp³-hybridized carbons (Fsp3) is 0.250. The third kappa shape index (κ3) is 3.51. The Bertz CT molecular complexity index is 666. The number of rotatable bonds is 4. The zero-order chi connectivity index (χ0) is 15.4. The lowest BCUT2D eigenvalue weighted by atomic mass is 10.0. The number of nitrogens with two attached hydrogens (primary N) is 1. The predicted octanol–water partition coefficient (Wildman–Crippen LogP) is 3.40. The van der Waals surface area contributed by atoms with Crippen molar-refractivity contribution in [3.63, 3.8) is 0 Å². The van der Waals surface area contributed by atoms with Crippen LogP contribution in [0.1, 0.15) is 36.6 Å². The van der Waals surface area contributed by atoms with Gasteiger partial charge in [0.15, 0.2) is 5.84 Å². The van der Waals surface area contributed by atoms with Crippen LogP contribution < -0.4 is 10.5 Å². The van der Waals surface area contributed by atoms with E-state index in [-0.39, 0.29) is 5.84 Å². The monoisotopic (exact) mass is 285 g/mol. The van der Waals surface area contributed by atoms with Gasteiger partial charge in [0.1, 0.15) is 17.2 Å².